The lowest BCUT2D eigenvalue weighted by molar-refractivity contribution is -0.113. The van der Waals surface area contributed by atoms with Gasteiger partial charge in [-0.1, -0.05) is 11.6 Å². The maximum absolute atomic E-state index is 11.7. The molecule has 0 radical (unpaired) electrons. The molecule has 0 bridgehead atoms. The number of nitrogens with two attached hydrogens (primary N) is 1. The molecular formula is C12H17ClN2O3S. The van der Waals surface area contributed by atoms with Crippen molar-refractivity contribution in [1.82, 2.24) is 0 Å². The Labute approximate surface area is 119 Å². The summed E-state index contributed by atoms with van der Waals surface area (Å²) in [5.74, 6) is 0.0341. The maximum atomic E-state index is 11.7. The zero-order chi connectivity index (χ0) is 14.3. The van der Waals surface area contributed by atoms with Crippen LogP contribution in [0.25, 0.3) is 0 Å². The lowest BCUT2D eigenvalue weighted by Gasteiger charge is -2.08. The van der Waals surface area contributed by atoms with Crippen molar-refractivity contribution in [3.63, 3.8) is 0 Å². The Kier molecular flexibility index (Phi) is 6.83. The molecule has 1 aromatic carbocycles. The van der Waals surface area contributed by atoms with Gasteiger partial charge in [-0.15, -0.1) is 0 Å². The minimum Gasteiger partial charge on any atom is -0.397 e. The highest BCUT2D eigenvalue weighted by atomic mass is 35.5. The molecule has 0 saturated heterocycles. The van der Waals surface area contributed by atoms with E-state index >= 15 is 0 Å². The number of halogens is 1. The summed E-state index contributed by atoms with van der Waals surface area (Å²) in [7, 11) is 0.378. The topological polar surface area (TPSA) is 81.4 Å². The molecule has 1 unspecified atom stereocenters. The third-order valence-electron chi connectivity index (χ3n) is 2.30. The van der Waals surface area contributed by atoms with Crippen molar-refractivity contribution < 1.29 is 13.7 Å². The Morgan fingerprint density at radius 2 is 2.26 bits per heavy atom. The summed E-state index contributed by atoms with van der Waals surface area (Å²) in [6, 6.07) is 4.80. The van der Waals surface area contributed by atoms with Crippen molar-refractivity contribution in [3.8, 4) is 0 Å². The van der Waals surface area contributed by atoms with Crippen LogP contribution in [-0.2, 0) is 20.3 Å². The number of carbonyl (C=O) groups is 1. The van der Waals surface area contributed by atoms with E-state index in [1.807, 2.05) is 0 Å². The van der Waals surface area contributed by atoms with Crippen LogP contribution in [0.3, 0.4) is 0 Å². The molecule has 0 aromatic heterocycles. The summed E-state index contributed by atoms with van der Waals surface area (Å²) in [6.45, 7) is 0.536. The standard InChI is InChI=1S/C12H17ClN2O3S/c1-18-5-2-6-19(17)8-12(16)15-11-7-9(13)3-4-10(11)14/h3-4,7H,2,5-6,8,14H2,1H3,(H,15,16). The molecule has 0 saturated carbocycles. The number of methoxy groups -OCH3 is 1. The van der Waals surface area contributed by atoms with Crippen LogP contribution in [0.2, 0.25) is 5.02 Å². The zero-order valence-corrected chi connectivity index (χ0v) is 12.2. The Morgan fingerprint density at radius 3 is 2.95 bits per heavy atom. The van der Waals surface area contributed by atoms with Gasteiger partial charge in [0.05, 0.1) is 11.4 Å². The Morgan fingerprint density at radius 1 is 1.53 bits per heavy atom. The van der Waals surface area contributed by atoms with Crippen molar-refractivity contribution in [1.29, 1.82) is 0 Å². The second kappa shape index (κ2) is 8.14. The van der Waals surface area contributed by atoms with Gasteiger partial charge < -0.3 is 15.8 Å². The normalized spacial score (nSPS) is 12.1. The fraction of sp³-hybridized carbons (Fsp3) is 0.417. The molecule has 0 heterocycles. The van der Waals surface area contributed by atoms with Crippen molar-refractivity contribution in [2.24, 2.45) is 0 Å². The average Bonchev–Trinajstić information content (AvgIpc) is 2.34. The molecule has 0 spiro atoms. The molecule has 5 nitrogen and oxygen atoms in total. The lowest BCUT2D eigenvalue weighted by Crippen LogP contribution is -2.21. The van der Waals surface area contributed by atoms with Crippen LogP contribution in [0.15, 0.2) is 18.2 Å². The van der Waals surface area contributed by atoms with Crippen LogP contribution in [0.4, 0.5) is 11.4 Å². The van der Waals surface area contributed by atoms with E-state index in [4.69, 9.17) is 22.1 Å². The number of ether oxygens (including phenoxy) is 1. The molecule has 0 fully saturated rings. The Balaban J connectivity index is 2.46. The van der Waals surface area contributed by atoms with Gasteiger partial charge in [-0.05, 0) is 24.6 Å². The molecule has 3 N–H and O–H groups in total. The van der Waals surface area contributed by atoms with Gasteiger partial charge in [0, 0.05) is 35.3 Å². The number of nitrogen functional groups attached to an aromatic ring is 1. The van der Waals surface area contributed by atoms with Crippen LogP contribution in [-0.4, -0.2) is 35.3 Å². The molecule has 0 aliphatic rings. The number of benzene rings is 1. The zero-order valence-electron chi connectivity index (χ0n) is 10.6. The number of carbonyl (C=O) groups excluding carboxylic acids is 1. The Hall–Kier alpha value is -1.11. The van der Waals surface area contributed by atoms with E-state index in [1.54, 1.807) is 25.3 Å². The molecule has 1 aromatic rings. The van der Waals surface area contributed by atoms with Crippen molar-refractivity contribution >= 4 is 39.7 Å². The van der Waals surface area contributed by atoms with E-state index in [0.29, 0.717) is 35.2 Å². The molecular weight excluding hydrogens is 288 g/mol. The number of nitrogens with one attached hydrogen (secondary N) is 1. The average molecular weight is 305 g/mol. The number of hydrogen-bond donors (Lipinski definition) is 2. The quantitative estimate of drug-likeness (QED) is 0.593. The van der Waals surface area contributed by atoms with Crippen molar-refractivity contribution in [3.05, 3.63) is 23.2 Å². The van der Waals surface area contributed by atoms with Crippen LogP contribution in [0.5, 0.6) is 0 Å². The van der Waals surface area contributed by atoms with E-state index < -0.39 is 10.8 Å². The minimum atomic E-state index is -1.20. The second-order valence-corrected chi connectivity index (χ2v) is 5.93. The van der Waals surface area contributed by atoms with E-state index in [1.165, 1.54) is 0 Å². The van der Waals surface area contributed by atoms with Gasteiger partial charge in [-0.2, -0.15) is 0 Å². The number of rotatable bonds is 7. The van der Waals surface area contributed by atoms with Crippen molar-refractivity contribution in [2.45, 2.75) is 6.42 Å². The molecule has 106 valence electrons. The van der Waals surface area contributed by atoms with Gasteiger partial charge in [-0.25, -0.2) is 0 Å². The first-order chi connectivity index (χ1) is 9.02. The lowest BCUT2D eigenvalue weighted by atomic mass is 10.2. The van der Waals surface area contributed by atoms with E-state index in [-0.39, 0.29) is 11.7 Å². The van der Waals surface area contributed by atoms with Gasteiger partial charge in [0.2, 0.25) is 5.91 Å². The van der Waals surface area contributed by atoms with E-state index in [2.05, 4.69) is 5.32 Å². The van der Waals surface area contributed by atoms with Crippen LogP contribution in [0.1, 0.15) is 6.42 Å². The molecule has 7 heteroatoms. The number of hydrogen-bond acceptors (Lipinski definition) is 4. The fourth-order valence-corrected chi connectivity index (χ4v) is 2.53. The highest BCUT2D eigenvalue weighted by Gasteiger charge is 2.10. The van der Waals surface area contributed by atoms with Gasteiger partial charge in [0.1, 0.15) is 5.75 Å². The third-order valence-corrected chi connectivity index (χ3v) is 3.87. The SMILES string of the molecule is COCCCS(=O)CC(=O)Nc1cc(Cl)ccc1N. The second-order valence-electron chi connectivity index (χ2n) is 3.91. The predicted molar refractivity (Wildman–Crippen MR) is 78.9 cm³/mol. The van der Waals surface area contributed by atoms with Gasteiger partial charge >= 0.3 is 0 Å². The number of anilines is 2. The number of amides is 1. The fourth-order valence-electron chi connectivity index (χ4n) is 1.41. The predicted octanol–water partition coefficient (Wildman–Crippen LogP) is 1.65. The molecule has 1 amide bonds. The molecule has 0 aliphatic heterocycles. The van der Waals surface area contributed by atoms with Crippen molar-refractivity contribution in [2.75, 3.05) is 36.3 Å². The Bertz CT molecular complexity index is 468. The van der Waals surface area contributed by atoms with Gasteiger partial charge in [0.25, 0.3) is 0 Å². The monoisotopic (exact) mass is 304 g/mol. The van der Waals surface area contributed by atoms with Gasteiger partial charge in [-0.3, -0.25) is 9.00 Å². The summed E-state index contributed by atoms with van der Waals surface area (Å²) in [5.41, 5.74) is 6.56. The molecule has 1 atom stereocenters. The summed E-state index contributed by atoms with van der Waals surface area (Å²) in [5, 5.41) is 3.08. The highest BCUT2D eigenvalue weighted by molar-refractivity contribution is 7.85. The first-order valence-electron chi connectivity index (χ1n) is 5.71. The third kappa shape index (κ3) is 6.04. The maximum Gasteiger partial charge on any atom is 0.237 e. The smallest absolute Gasteiger partial charge is 0.237 e. The molecule has 0 aliphatic carbocycles. The summed E-state index contributed by atoms with van der Waals surface area (Å²) >= 11 is 5.81. The summed E-state index contributed by atoms with van der Waals surface area (Å²) < 4.78 is 16.5. The first kappa shape index (κ1) is 15.9. The van der Waals surface area contributed by atoms with Crippen LogP contribution in [0, 0.1) is 0 Å². The molecule has 1 rings (SSSR count). The summed E-state index contributed by atoms with van der Waals surface area (Å²) in [6.07, 6.45) is 0.662. The largest absolute Gasteiger partial charge is 0.397 e. The highest BCUT2D eigenvalue weighted by Crippen LogP contribution is 2.22. The summed E-state index contributed by atoms with van der Waals surface area (Å²) in [4.78, 5) is 11.7. The van der Waals surface area contributed by atoms with Crippen LogP contribution < -0.4 is 11.1 Å². The van der Waals surface area contributed by atoms with Gasteiger partial charge in [0.15, 0.2) is 0 Å². The van der Waals surface area contributed by atoms with Crippen LogP contribution >= 0.6 is 11.6 Å². The van der Waals surface area contributed by atoms with E-state index in [9.17, 15) is 9.00 Å². The van der Waals surface area contributed by atoms with E-state index in [0.717, 1.165) is 0 Å². The minimum absolute atomic E-state index is 0.0599. The first-order valence-corrected chi connectivity index (χ1v) is 7.58. The molecule has 19 heavy (non-hydrogen) atoms.